The maximum Gasteiger partial charge on any atom is 0.191 e. The SMILES string of the molecule is CCNC(=NCc1cc(OC)ccc1O)NCC(c1cccc(OC)c1)N1CCCC1.I. The molecule has 1 heterocycles. The smallest absolute Gasteiger partial charge is 0.191 e. The van der Waals surface area contributed by atoms with Crippen molar-refractivity contribution in [2.75, 3.05) is 40.4 Å². The lowest BCUT2D eigenvalue weighted by atomic mass is 10.1. The minimum absolute atomic E-state index is 0. The first-order valence-corrected chi connectivity index (χ1v) is 10.9. The van der Waals surface area contributed by atoms with Crippen LogP contribution in [0.4, 0.5) is 0 Å². The lowest BCUT2D eigenvalue weighted by Gasteiger charge is -2.29. The molecule has 1 saturated heterocycles. The van der Waals surface area contributed by atoms with Gasteiger partial charge in [-0.05, 0) is 68.8 Å². The second-order valence-corrected chi connectivity index (χ2v) is 7.61. The Balaban J connectivity index is 0.00000363. The van der Waals surface area contributed by atoms with Crippen molar-refractivity contribution in [1.29, 1.82) is 0 Å². The molecule has 176 valence electrons. The molecule has 8 heteroatoms. The van der Waals surface area contributed by atoms with Crippen LogP contribution in [-0.4, -0.2) is 56.4 Å². The van der Waals surface area contributed by atoms with Gasteiger partial charge in [0.1, 0.15) is 17.2 Å². The Labute approximate surface area is 208 Å². The van der Waals surface area contributed by atoms with Gasteiger partial charge in [-0.1, -0.05) is 12.1 Å². The Morgan fingerprint density at radius 2 is 1.78 bits per heavy atom. The average Bonchev–Trinajstić information content (AvgIpc) is 3.33. The van der Waals surface area contributed by atoms with Crippen molar-refractivity contribution in [3.8, 4) is 17.2 Å². The first kappa shape index (κ1) is 26.1. The molecule has 1 unspecified atom stereocenters. The third kappa shape index (κ3) is 7.16. The van der Waals surface area contributed by atoms with Gasteiger partial charge in [0.15, 0.2) is 5.96 Å². The molecule has 0 saturated carbocycles. The monoisotopic (exact) mass is 554 g/mol. The summed E-state index contributed by atoms with van der Waals surface area (Å²) in [4.78, 5) is 7.19. The first-order valence-electron chi connectivity index (χ1n) is 10.9. The van der Waals surface area contributed by atoms with Gasteiger partial charge < -0.3 is 25.2 Å². The van der Waals surface area contributed by atoms with Crippen molar-refractivity contribution in [2.24, 2.45) is 4.99 Å². The molecule has 0 spiro atoms. The van der Waals surface area contributed by atoms with Gasteiger partial charge in [-0.25, -0.2) is 4.99 Å². The zero-order valence-electron chi connectivity index (χ0n) is 19.1. The molecule has 1 aliphatic rings. The number of phenolic OH excluding ortho intramolecular Hbond substituents is 1. The number of aromatic hydroxyl groups is 1. The number of ether oxygens (including phenoxy) is 2. The highest BCUT2D eigenvalue weighted by Crippen LogP contribution is 2.27. The number of phenols is 1. The average molecular weight is 554 g/mol. The van der Waals surface area contributed by atoms with Crippen molar-refractivity contribution < 1.29 is 14.6 Å². The molecule has 3 N–H and O–H groups in total. The van der Waals surface area contributed by atoms with Crippen LogP contribution in [0.5, 0.6) is 17.2 Å². The Bertz CT molecular complexity index is 872. The fraction of sp³-hybridized carbons (Fsp3) is 0.458. The van der Waals surface area contributed by atoms with Crippen molar-refractivity contribution in [3.05, 3.63) is 53.6 Å². The summed E-state index contributed by atoms with van der Waals surface area (Å²) in [6.07, 6.45) is 2.45. The summed E-state index contributed by atoms with van der Waals surface area (Å²) >= 11 is 0. The first-order chi connectivity index (χ1) is 15.1. The van der Waals surface area contributed by atoms with E-state index in [1.165, 1.54) is 18.4 Å². The fourth-order valence-corrected chi connectivity index (χ4v) is 3.87. The largest absolute Gasteiger partial charge is 0.508 e. The minimum Gasteiger partial charge on any atom is -0.508 e. The van der Waals surface area contributed by atoms with Crippen LogP contribution in [0.2, 0.25) is 0 Å². The summed E-state index contributed by atoms with van der Waals surface area (Å²) in [5.74, 6) is 2.51. The molecule has 0 amide bonds. The van der Waals surface area contributed by atoms with Gasteiger partial charge in [-0.15, -0.1) is 24.0 Å². The molecule has 3 rings (SSSR count). The highest BCUT2D eigenvalue weighted by atomic mass is 127. The Hall–Kier alpha value is -2.20. The van der Waals surface area contributed by atoms with E-state index >= 15 is 0 Å². The number of aliphatic imine (C=N–C) groups is 1. The van der Waals surface area contributed by atoms with E-state index in [9.17, 15) is 5.11 Å². The van der Waals surface area contributed by atoms with Crippen LogP contribution < -0.4 is 20.1 Å². The predicted molar refractivity (Wildman–Crippen MR) is 139 cm³/mol. The number of guanidine groups is 1. The summed E-state index contributed by atoms with van der Waals surface area (Å²) in [5.41, 5.74) is 1.95. The molecular formula is C24H35IN4O3. The lowest BCUT2D eigenvalue weighted by molar-refractivity contribution is 0.245. The van der Waals surface area contributed by atoms with E-state index in [1.807, 2.05) is 25.1 Å². The maximum absolute atomic E-state index is 10.1. The van der Waals surface area contributed by atoms with Crippen molar-refractivity contribution in [2.45, 2.75) is 32.4 Å². The third-order valence-corrected chi connectivity index (χ3v) is 5.56. The number of hydrogen-bond donors (Lipinski definition) is 3. The predicted octanol–water partition coefficient (Wildman–Crippen LogP) is 3.92. The van der Waals surface area contributed by atoms with Gasteiger partial charge in [-0.2, -0.15) is 0 Å². The summed E-state index contributed by atoms with van der Waals surface area (Å²) < 4.78 is 10.7. The van der Waals surface area contributed by atoms with E-state index in [-0.39, 0.29) is 35.8 Å². The van der Waals surface area contributed by atoms with Crippen LogP contribution in [0.25, 0.3) is 0 Å². The molecular weight excluding hydrogens is 519 g/mol. The second kappa shape index (κ2) is 13.4. The van der Waals surface area contributed by atoms with Crippen molar-refractivity contribution >= 4 is 29.9 Å². The number of nitrogens with zero attached hydrogens (tertiary/aromatic N) is 2. The number of halogens is 1. The second-order valence-electron chi connectivity index (χ2n) is 7.61. The molecule has 0 radical (unpaired) electrons. The normalized spacial score (nSPS) is 15.0. The van der Waals surface area contributed by atoms with Gasteiger partial charge in [0.2, 0.25) is 0 Å². The molecule has 0 bridgehead atoms. The molecule has 1 atom stereocenters. The number of likely N-dealkylation sites (tertiary alicyclic amines) is 1. The van der Waals surface area contributed by atoms with E-state index < -0.39 is 0 Å². The number of methoxy groups -OCH3 is 2. The van der Waals surface area contributed by atoms with Crippen LogP contribution in [-0.2, 0) is 6.54 Å². The van der Waals surface area contributed by atoms with Gasteiger partial charge in [0, 0.05) is 18.7 Å². The number of rotatable bonds is 9. The zero-order valence-corrected chi connectivity index (χ0v) is 21.5. The standard InChI is InChI=1S/C24H34N4O3.HI/c1-4-25-24(26-16-19-15-21(31-3)10-11-23(19)29)27-17-22(28-12-5-6-13-28)18-8-7-9-20(14-18)30-2;/h7-11,14-15,22,29H,4-6,12-13,16-17H2,1-3H3,(H2,25,26,27);1H. The molecule has 2 aromatic rings. The van der Waals surface area contributed by atoms with Crippen LogP contribution in [0, 0.1) is 0 Å². The number of hydrogen-bond acceptors (Lipinski definition) is 5. The van der Waals surface area contributed by atoms with E-state index in [2.05, 4.69) is 32.7 Å². The molecule has 32 heavy (non-hydrogen) atoms. The highest BCUT2D eigenvalue weighted by Gasteiger charge is 2.24. The van der Waals surface area contributed by atoms with Gasteiger partial charge in [0.25, 0.3) is 0 Å². The minimum atomic E-state index is 0. The van der Waals surface area contributed by atoms with Crippen LogP contribution in [0.15, 0.2) is 47.5 Å². The van der Waals surface area contributed by atoms with Gasteiger partial charge in [0.05, 0.1) is 26.8 Å². The molecule has 1 aliphatic heterocycles. The molecule has 2 aromatic carbocycles. The molecule has 0 aliphatic carbocycles. The molecule has 7 nitrogen and oxygen atoms in total. The summed E-state index contributed by atoms with van der Waals surface area (Å²) in [6.45, 7) is 6.06. The van der Waals surface area contributed by atoms with Gasteiger partial charge >= 0.3 is 0 Å². The van der Waals surface area contributed by atoms with E-state index in [1.54, 1.807) is 26.4 Å². The van der Waals surface area contributed by atoms with E-state index in [0.717, 1.165) is 43.5 Å². The number of nitrogens with one attached hydrogen (secondary N) is 2. The fourth-order valence-electron chi connectivity index (χ4n) is 3.87. The zero-order chi connectivity index (χ0) is 22.1. The topological polar surface area (TPSA) is 78.4 Å². The Morgan fingerprint density at radius 3 is 2.47 bits per heavy atom. The van der Waals surface area contributed by atoms with E-state index in [0.29, 0.717) is 12.3 Å². The quantitative estimate of drug-likeness (QED) is 0.248. The van der Waals surface area contributed by atoms with Crippen LogP contribution in [0.1, 0.15) is 36.9 Å². The van der Waals surface area contributed by atoms with Crippen molar-refractivity contribution in [3.63, 3.8) is 0 Å². The summed E-state index contributed by atoms with van der Waals surface area (Å²) in [6, 6.07) is 13.7. The molecule has 1 fully saturated rings. The third-order valence-electron chi connectivity index (χ3n) is 5.56. The van der Waals surface area contributed by atoms with Crippen molar-refractivity contribution in [1.82, 2.24) is 15.5 Å². The lowest BCUT2D eigenvalue weighted by Crippen LogP contribution is -2.42. The summed E-state index contributed by atoms with van der Waals surface area (Å²) in [5, 5.41) is 16.9. The van der Waals surface area contributed by atoms with Gasteiger partial charge in [-0.3, -0.25) is 4.90 Å². The Kier molecular flexibility index (Phi) is 10.9. The van der Waals surface area contributed by atoms with Crippen LogP contribution in [0.3, 0.4) is 0 Å². The maximum atomic E-state index is 10.1. The Morgan fingerprint density at radius 1 is 1.06 bits per heavy atom. The van der Waals surface area contributed by atoms with Crippen LogP contribution >= 0.6 is 24.0 Å². The molecule has 0 aromatic heterocycles. The highest BCUT2D eigenvalue weighted by molar-refractivity contribution is 14.0. The van der Waals surface area contributed by atoms with E-state index in [4.69, 9.17) is 9.47 Å². The number of benzene rings is 2. The summed E-state index contributed by atoms with van der Waals surface area (Å²) in [7, 11) is 3.31.